The van der Waals surface area contributed by atoms with Crippen molar-refractivity contribution in [2.75, 3.05) is 6.54 Å². The highest BCUT2D eigenvalue weighted by molar-refractivity contribution is 5.44. The lowest BCUT2D eigenvalue weighted by Crippen LogP contribution is -2.22. The van der Waals surface area contributed by atoms with Crippen molar-refractivity contribution in [3.8, 4) is 5.75 Å². The molecule has 0 aliphatic heterocycles. The number of aromatic amines is 1. The Morgan fingerprint density at radius 2 is 2.39 bits per heavy atom. The van der Waals surface area contributed by atoms with Gasteiger partial charge in [-0.25, -0.2) is 4.98 Å². The fourth-order valence-corrected chi connectivity index (χ4v) is 2.65. The number of hydrogen-bond acceptors (Lipinski definition) is 3. The molecule has 4 nitrogen and oxygen atoms in total. The molecule has 1 aliphatic rings. The summed E-state index contributed by atoms with van der Waals surface area (Å²) in [6, 6.07) is 6.15. The van der Waals surface area contributed by atoms with E-state index in [1.807, 2.05) is 12.3 Å². The van der Waals surface area contributed by atoms with E-state index >= 15 is 0 Å². The number of rotatable bonds is 4. The Morgan fingerprint density at radius 1 is 1.44 bits per heavy atom. The predicted molar refractivity (Wildman–Crippen MR) is 69.5 cm³/mol. The summed E-state index contributed by atoms with van der Waals surface area (Å²) in [7, 11) is 0. The lowest BCUT2D eigenvalue weighted by Gasteiger charge is -2.13. The van der Waals surface area contributed by atoms with Gasteiger partial charge in [0.1, 0.15) is 11.6 Å². The molecule has 0 bridgehead atoms. The molecular weight excluding hydrogens is 226 g/mol. The molecule has 1 aromatic heterocycles. The van der Waals surface area contributed by atoms with Crippen LogP contribution in [-0.2, 0) is 12.8 Å². The first-order valence-electron chi connectivity index (χ1n) is 6.37. The first-order valence-corrected chi connectivity index (χ1v) is 6.37. The maximum absolute atomic E-state index is 9.78. The Bertz CT molecular complexity index is 522. The number of hydrogen-bond donors (Lipinski definition) is 3. The van der Waals surface area contributed by atoms with Crippen molar-refractivity contribution in [3.63, 3.8) is 0 Å². The van der Waals surface area contributed by atoms with Crippen molar-refractivity contribution in [2.45, 2.75) is 25.3 Å². The minimum atomic E-state index is 0.363. The summed E-state index contributed by atoms with van der Waals surface area (Å²) >= 11 is 0. The number of nitrogens with zero attached hydrogens (tertiary/aromatic N) is 1. The number of nitrogens with one attached hydrogen (secondary N) is 2. The van der Waals surface area contributed by atoms with Gasteiger partial charge >= 0.3 is 0 Å². The molecule has 1 aliphatic carbocycles. The van der Waals surface area contributed by atoms with E-state index in [1.54, 1.807) is 12.3 Å². The number of H-pyrrole nitrogens is 1. The molecule has 94 valence electrons. The highest BCUT2D eigenvalue weighted by Gasteiger charge is 2.23. The summed E-state index contributed by atoms with van der Waals surface area (Å²) in [5.41, 5.74) is 2.35. The fraction of sp³-hybridized carbons (Fsp3) is 0.357. The summed E-state index contributed by atoms with van der Waals surface area (Å²) in [6.45, 7) is 0.896. The van der Waals surface area contributed by atoms with E-state index in [-0.39, 0.29) is 0 Å². The van der Waals surface area contributed by atoms with Crippen LogP contribution in [0.5, 0.6) is 5.75 Å². The maximum atomic E-state index is 9.78. The number of imidazole rings is 1. The van der Waals surface area contributed by atoms with Gasteiger partial charge < -0.3 is 15.4 Å². The molecule has 0 amide bonds. The van der Waals surface area contributed by atoms with Gasteiger partial charge in [0.25, 0.3) is 0 Å². The Morgan fingerprint density at radius 3 is 3.22 bits per heavy atom. The van der Waals surface area contributed by atoms with Crippen LogP contribution in [0.1, 0.15) is 29.4 Å². The van der Waals surface area contributed by atoms with Crippen LogP contribution in [0.15, 0.2) is 30.6 Å². The summed E-state index contributed by atoms with van der Waals surface area (Å²) in [4.78, 5) is 7.30. The summed E-state index contributed by atoms with van der Waals surface area (Å²) < 4.78 is 0. The van der Waals surface area contributed by atoms with Crippen molar-refractivity contribution in [1.82, 2.24) is 15.3 Å². The molecule has 3 N–H and O–H groups in total. The van der Waals surface area contributed by atoms with Crippen LogP contribution in [0.25, 0.3) is 0 Å². The van der Waals surface area contributed by atoms with E-state index in [1.165, 1.54) is 5.56 Å². The van der Waals surface area contributed by atoms with Crippen LogP contribution < -0.4 is 5.32 Å². The minimum Gasteiger partial charge on any atom is -0.508 e. The predicted octanol–water partition coefficient (Wildman–Crippen LogP) is 1.93. The van der Waals surface area contributed by atoms with Crippen LogP contribution in [0.3, 0.4) is 0 Å². The Kier molecular flexibility index (Phi) is 3.02. The molecule has 18 heavy (non-hydrogen) atoms. The first-order chi connectivity index (χ1) is 8.84. The molecular formula is C14H17N3O. The molecule has 3 rings (SSSR count). The molecule has 4 heteroatoms. The van der Waals surface area contributed by atoms with Crippen LogP contribution in [0.4, 0.5) is 0 Å². The van der Waals surface area contributed by atoms with Crippen LogP contribution in [0, 0.1) is 0 Å². The zero-order valence-corrected chi connectivity index (χ0v) is 10.2. The van der Waals surface area contributed by atoms with Gasteiger partial charge in [-0.05, 0) is 30.0 Å². The van der Waals surface area contributed by atoms with Crippen molar-refractivity contribution in [1.29, 1.82) is 0 Å². The summed E-state index contributed by atoms with van der Waals surface area (Å²) in [6.07, 6.45) is 6.54. The second-order valence-corrected chi connectivity index (χ2v) is 4.68. The Hall–Kier alpha value is -1.81. The highest BCUT2D eigenvalue weighted by Crippen LogP contribution is 2.35. The molecule has 0 radical (unpaired) electrons. The maximum Gasteiger partial charge on any atom is 0.119 e. The number of phenolic OH excluding ortho intramolecular Hbond substituents is 1. The molecule has 2 aromatic rings. The highest BCUT2D eigenvalue weighted by atomic mass is 16.3. The van der Waals surface area contributed by atoms with E-state index < -0.39 is 0 Å². The molecule has 0 spiro atoms. The molecule has 1 aromatic carbocycles. The van der Waals surface area contributed by atoms with E-state index in [4.69, 9.17) is 0 Å². The number of fused-ring (bicyclic) bond motifs is 1. The van der Waals surface area contributed by atoms with Crippen molar-refractivity contribution < 1.29 is 5.11 Å². The second-order valence-electron chi connectivity index (χ2n) is 4.68. The van der Waals surface area contributed by atoms with Crippen LogP contribution in [0.2, 0.25) is 0 Å². The molecule has 1 atom stereocenters. The standard InChI is InChI=1S/C14H17N3O/c18-13-3-1-2-10-11(13)4-5-12(10)15-7-6-14-16-8-9-17-14/h1-3,8-9,12,15,18H,4-7H2,(H,16,17). The zero-order chi connectivity index (χ0) is 12.4. The van der Waals surface area contributed by atoms with Crippen LogP contribution in [-0.4, -0.2) is 21.6 Å². The average molecular weight is 243 g/mol. The van der Waals surface area contributed by atoms with Crippen LogP contribution >= 0.6 is 0 Å². The molecule has 1 unspecified atom stereocenters. The average Bonchev–Trinajstić information content (AvgIpc) is 3.00. The summed E-state index contributed by atoms with van der Waals surface area (Å²) in [5, 5.41) is 13.3. The Labute approximate surface area is 106 Å². The normalized spacial score (nSPS) is 17.9. The van der Waals surface area contributed by atoms with E-state index in [9.17, 15) is 5.11 Å². The third-order valence-corrected chi connectivity index (χ3v) is 3.55. The minimum absolute atomic E-state index is 0.363. The van der Waals surface area contributed by atoms with Crippen molar-refractivity contribution >= 4 is 0 Å². The molecule has 0 saturated heterocycles. The van der Waals surface area contributed by atoms with Gasteiger partial charge in [-0.15, -0.1) is 0 Å². The van der Waals surface area contributed by atoms with E-state index in [2.05, 4.69) is 21.4 Å². The number of benzene rings is 1. The molecule has 1 heterocycles. The topological polar surface area (TPSA) is 60.9 Å². The van der Waals surface area contributed by atoms with E-state index in [0.717, 1.165) is 37.2 Å². The van der Waals surface area contributed by atoms with Gasteiger partial charge in [-0.2, -0.15) is 0 Å². The second kappa shape index (κ2) is 4.82. The monoisotopic (exact) mass is 243 g/mol. The van der Waals surface area contributed by atoms with E-state index in [0.29, 0.717) is 11.8 Å². The van der Waals surface area contributed by atoms with Crippen molar-refractivity contribution in [2.24, 2.45) is 0 Å². The number of aromatic nitrogens is 2. The lowest BCUT2D eigenvalue weighted by atomic mass is 10.1. The van der Waals surface area contributed by atoms with Gasteiger partial charge in [0.05, 0.1) is 0 Å². The zero-order valence-electron chi connectivity index (χ0n) is 10.2. The SMILES string of the molecule is Oc1cccc2c1CCC2NCCc1ncc[nH]1. The lowest BCUT2D eigenvalue weighted by molar-refractivity contribution is 0.469. The largest absolute Gasteiger partial charge is 0.508 e. The Balaban J connectivity index is 1.61. The van der Waals surface area contributed by atoms with Gasteiger partial charge in [-0.1, -0.05) is 12.1 Å². The number of aromatic hydroxyl groups is 1. The van der Waals surface area contributed by atoms with Gasteiger partial charge in [0.2, 0.25) is 0 Å². The first kappa shape index (κ1) is 11.3. The number of phenols is 1. The summed E-state index contributed by atoms with van der Waals surface area (Å²) in [5.74, 6) is 1.44. The smallest absolute Gasteiger partial charge is 0.119 e. The van der Waals surface area contributed by atoms with Gasteiger partial charge in [0.15, 0.2) is 0 Å². The van der Waals surface area contributed by atoms with Crippen molar-refractivity contribution in [3.05, 3.63) is 47.5 Å². The van der Waals surface area contributed by atoms with Gasteiger partial charge in [0, 0.05) is 31.4 Å². The fourth-order valence-electron chi connectivity index (χ4n) is 2.65. The quantitative estimate of drug-likeness (QED) is 0.769. The molecule has 0 saturated carbocycles. The third-order valence-electron chi connectivity index (χ3n) is 3.55. The van der Waals surface area contributed by atoms with Gasteiger partial charge in [-0.3, -0.25) is 0 Å². The third kappa shape index (κ3) is 2.11. The molecule has 0 fully saturated rings.